The van der Waals surface area contributed by atoms with E-state index in [0.717, 1.165) is 34.3 Å². The third-order valence-corrected chi connectivity index (χ3v) is 4.23. The number of benzene rings is 2. The average molecular weight is 356 g/mol. The summed E-state index contributed by atoms with van der Waals surface area (Å²) in [4.78, 5) is 7.57. The number of hydrogen-bond donors (Lipinski definition) is 2. The van der Waals surface area contributed by atoms with Crippen LogP contribution in [-0.4, -0.2) is 14.5 Å². The highest BCUT2D eigenvalue weighted by atomic mass is 19.4. The molecular formula is C19H15F3N4. The maximum Gasteiger partial charge on any atom is 0.416 e. The van der Waals surface area contributed by atoms with Crippen molar-refractivity contribution >= 4 is 16.6 Å². The second-order valence-corrected chi connectivity index (χ2v) is 6.22. The van der Waals surface area contributed by atoms with Gasteiger partial charge in [0.05, 0.1) is 23.1 Å². The fourth-order valence-corrected chi connectivity index (χ4v) is 3.04. The fraction of sp³-hybridized carbons (Fsp3) is 0.105. The van der Waals surface area contributed by atoms with Crippen molar-refractivity contribution in [1.82, 2.24) is 14.5 Å². The quantitative estimate of drug-likeness (QED) is 0.505. The highest BCUT2D eigenvalue weighted by Crippen LogP contribution is 2.35. The number of H-pyrrole nitrogens is 1. The Kier molecular flexibility index (Phi) is 3.54. The van der Waals surface area contributed by atoms with Gasteiger partial charge in [-0.15, -0.1) is 0 Å². The van der Waals surface area contributed by atoms with E-state index < -0.39 is 11.7 Å². The van der Waals surface area contributed by atoms with Crippen molar-refractivity contribution in [3.05, 3.63) is 60.6 Å². The molecule has 4 rings (SSSR count). The van der Waals surface area contributed by atoms with Gasteiger partial charge in [-0.3, -0.25) is 0 Å². The van der Waals surface area contributed by atoms with E-state index in [9.17, 15) is 13.2 Å². The van der Waals surface area contributed by atoms with Crippen molar-refractivity contribution in [2.24, 2.45) is 7.05 Å². The molecule has 0 atom stereocenters. The van der Waals surface area contributed by atoms with Crippen molar-refractivity contribution in [3.63, 3.8) is 0 Å². The van der Waals surface area contributed by atoms with Gasteiger partial charge in [-0.2, -0.15) is 13.2 Å². The number of alkyl halides is 3. The lowest BCUT2D eigenvalue weighted by molar-refractivity contribution is -0.137. The molecule has 0 aliphatic rings. The Balaban J connectivity index is 1.89. The van der Waals surface area contributed by atoms with Crippen molar-refractivity contribution in [1.29, 1.82) is 0 Å². The molecule has 0 aliphatic carbocycles. The number of halogens is 3. The summed E-state index contributed by atoms with van der Waals surface area (Å²) in [5.41, 5.74) is 9.26. The minimum atomic E-state index is -4.38. The van der Waals surface area contributed by atoms with Gasteiger partial charge in [0.15, 0.2) is 0 Å². The van der Waals surface area contributed by atoms with Crippen LogP contribution in [0.15, 0.2) is 55.0 Å². The zero-order chi connectivity index (χ0) is 18.5. The van der Waals surface area contributed by atoms with Crippen molar-refractivity contribution in [3.8, 4) is 22.5 Å². The molecule has 7 heteroatoms. The van der Waals surface area contributed by atoms with E-state index in [0.29, 0.717) is 16.9 Å². The molecule has 0 saturated heterocycles. The van der Waals surface area contributed by atoms with Gasteiger partial charge < -0.3 is 15.3 Å². The minimum absolute atomic E-state index is 0.460. The summed E-state index contributed by atoms with van der Waals surface area (Å²) in [6.45, 7) is 0. The summed E-state index contributed by atoms with van der Waals surface area (Å²) < 4.78 is 40.8. The van der Waals surface area contributed by atoms with Crippen LogP contribution in [0.4, 0.5) is 18.9 Å². The first-order chi connectivity index (χ1) is 12.3. The molecule has 0 bridgehead atoms. The van der Waals surface area contributed by atoms with Crippen LogP contribution in [0, 0.1) is 0 Å². The van der Waals surface area contributed by atoms with E-state index in [-0.39, 0.29) is 0 Å². The molecule has 4 aromatic rings. The molecule has 26 heavy (non-hydrogen) atoms. The number of rotatable bonds is 2. The smallest absolute Gasteiger partial charge is 0.399 e. The Morgan fingerprint density at radius 1 is 1.12 bits per heavy atom. The van der Waals surface area contributed by atoms with Gasteiger partial charge >= 0.3 is 6.18 Å². The Morgan fingerprint density at radius 3 is 2.62 bits per heavy atom. The fourth-order valence-electron chi connectivity index (χ4n) is 3.04. The predicted octanol–water partition coefficient (Wildman–Crippen LogP) is 4.84. The monoisotopic (exact) mass is 356 g/mol. The van der Waals surface area contributed by atoms with E-state index in [1.54, 1.807) is 30.6 Å². The Hall–Kier alpha value is -3.22. The molecule has 0 unspecified atom stereocenters. The van der Waals surface area contributed by atoms with Crippen LogP contribution in [0.3, 0.4) is 0 Å². The van der Waals surface area contributed by atoms with E-state index in [1.165, 1.54) is 6.07 Å². The third-order valence-electron chi connectivity index (χ3n) is 4.23. The van der Waals surface area contributed by atoms with Gasteiger partial charge in [0.25, 0.3) is 0 Å². The number of fused-ring (bicyclic) bond motifs is 1. The number of aromatic nitrogens is 3. The highest BCUT2D eigenvalue weighted by molar-refractivity contribution is 5.98. The molecule has 0 aliphatic heterocycles. The number of nitrogens with one attached hydrogen (secondary N) is 1. The van der Waals surface area contributed by atoms with Crippen LogP contribution in [0.1, 0.15) is 5.56 Å². The second-order valence-electron chi connectivity index (χ2n) is 6.22. The predicted molar refractivity (Wildman–Crippen MR) is 95.4 cm³/mol. The van der Waals surface area contributed by atoms with Gasteiger partial charge in [0, 0.05) is 35.6 Å². The lowest BCUT2D eigenvalue weighted by Gasteiger charge is -2.07. The molecule has 2 aromatic carbocycles. The van der Waals surface area contributed by atoms with Crippen LogP contribution in [0.25, 0.3) is 33.4 Å². The molecule has 3 N–H and O–H groups in total. The summed E-state index contributed by atoms with van der Waals surface area (Å²) in [7, 11) is 1.86. The largest absolute Gasteiger partial charge is 0.416 e. The van der Waals surface area contributed by atoms with Crippen LogP contribution >= 0.6 is 0 Å². The topological polar surface area (TPSA) is 59.6 Å². The van der Waals surface area contributed by atoms with Crippen LogP contribution in [0.5, 0.6) is 0 Å². The minimum Gasteiger partial charge on any atom is -0.399 e. The van der Waals surface area contributed by atoms with Crippen LogP contribution in [-0.2, 0) is 13.2 Å². The van der Waals surface area contributed by atoms with Crippen molar-refractivity contribution < 1.29 is 13.2 Å². The summed E-state index contributed by atoms with van der Waals surface area (Å²) in [6, 6.07) is 10.6. The van der Waals surface area contributed by atoms with E-state index in [4.69, 9.17) is 5.73 Å². The summed E-state index contributed by atoms with van der Waals surface area (Å²) in [5.74, 6) is 0. The van der Waals surface area contributed by atoms with Crippen LogP contribution < -0.4 is 5.73 Å². The standard InChI is InChI=1S/C19H15F3N4/c1-26-9-17(24-10-26)15-8-14(23)6-12-7-16(25-18(12)15)11-3-2-4-13(5-11)19(20,21)22/h2-10,25H,23H2,1H3. The zero-order valence-corrected chi connectivity index (χ0v) is 13.8. The van der Waals surface area contributed by atoms with Gasteiger partial charge in [-0.05, 0) is 35.9 Å². The second kappa shape index (κ2) is 5.66. The number of nitrogens with zero attached hydrogens (tertiary/aromatic N) is 2. The van der Waals surface area contributed by atoms with Crippen LogP contribution in [0.2, 0.25) is 0 Å². The molecule has 0 amide bonds. The number of imidazole rings is 1. The molecule has 2 heterocycles. The van der Waals surface area contributed by atoms with Crippen molar-refractivity contribution in [2.45, 2.75) is 6.18 Å². The zero-order valence-electron chi connectivity index (χ0n) is 13.8. The number of aromatic amines is 1. The summed E-state index contributed by atoms with van der Waals surface area (Å²) in [5, 5.41) is 0.818. The lowest BCUT2D eigenvalue weighted by Crippen LogP contribution is -2.04. The number of hydrogen-bond acceptors (Lipinski definition) is 2. The number of nitrogen functional groups attached to an aromatic ring is 1. The molecular weight excluding hydrogens is 341 g/mol. The molecule has 0 fully saturated rings. The summed E-state index contributed by atoms with van der Waals surface area (Å²) >= 11 is 0. The van der Waals surface area contributed by atoms with E-state index >= 15 is 0 Å². The molecule has 132 valence electrons. The first kappa shape index (κ1) is 16.3. The first-order valence-corrected chi connectivity index (χ1v) is 7.89. The summed E-state index contributed by atoms with van der Waals surface area (Å²) in [6.07, 6.45) is -0.842. The Labute approximate surface area is 147 Å². The third kappa shape index (κ3) is 2.81. The number of aryl methyl sites for hydroxylation is 1. The van der Waals surface area contributed by atoms with Crippen molar-refractivity contribution in [2.75, 3.05) is 5.73 Å². The normalized spacial score (nSPS) is 12.0. The highest BCUT2D eigenvalue weighted by Gasteiger charge is 2.30. The number of nitrogens with two attached hydrogens (primary N) is 1. The maximum absolute atomic E-state index is 13.0. The molecule has 0 saturated carbocycles. The Bertz CT molecular complexity index is 1110. The first-order valence-electron chi connectivity index (χ1n) is 7.89. The lowest BCUT2D eigenvalue weighted by atomic mass is 10.1. The van der Waals surface area contributed by atoms with Gasteiger partial charge in [-0.1, -0.05) is 12.1 Å². The van der Waals surface area contributed by atoms with E-state index in [2.05, 4.69) is 9.97 Å². The maximum atomic E-state index is 13.0. The molecule has 0 spiro atoms. The number of anilines is 1. The van der Waals surface area contributed by atoms with E-state index in [1.807, 2.05) is 17.8 Å². The molecule has 0 radical (unpaired) electrons. The van der Waals surface area contributed by atoms with Gasteiger partial charge in [0.2, 0.25) is 0 Å². The van der Waals surface area contributed by atoms with Gasteiger partial charge in [0.1, 0.15) is 0 Å². The van der Waals surface area contributed by atoms with Gasteiger partial charge in [-0.25, -0.2) is 4.98 Å². The SMILES string of the molecule is Cn1cnc(-c2cc(N)cc3cc(-c4cccc(C(F)(F)F)c4)[nH]c23)c1. The molecule has 4 nitrogen and oxygen atoms in total. The molecule has 2 aromatic heterocycles. The Morgan fingerprint density at radius 2 is 1.92 bits per heavy atom. The average Bonchev–Trinajstić information content (AvgIpc) is 3.19.